The van der Waals surface area contributed by atoms with E-state index in [2.05, 4.69) is 13.8 Å². The van der Waals surface area contributed by atoms with Crippen molar-refractivity contribution in [3.05, 3.63) is 0 Å². The van der Waals surface area contributed by atoms with E-state index < -0.39 is 71.2 Å². The lowest BCUT2D eigenvalue weighted by Gasteiger charge is -2.40. The molecule has 0 radical (unpaired) electrons. The highest BCUT2D eigenvalue weighted by Crippen LogP contribution is 2.24. The van der Waals surface area contributed by atoms with Crippen molar-refractivity contribution in [3.63, 3.8) is 0 Å². The van der Waals surface area contributed by atoms with Crippen LogP contribution in [0.1, 0.15) is 213 Å². The van der Waals surface area contributed by atoms with E-state index in [0.29, 0.717) is 12.8 Å². The Balaban J connectivity index is 2.38. The maximum absolute atomic E-state index is 12.8. The van der Waals surface area contributed by atoms with Gasteiger partial charge in [-0.25, -0.2) is 0 Å². The number of ether oxygens (including phenoxy) is 4. The fourth-order valence-electron chi connectivity index (χ4n) is 7.33. The maximum Gasteiger partial charge on any atom is 0.306 e. The summed E-state index contributed by atoms with van der Waals surface area (Å²) in [7, 11) is -4.59. The summed E-state index contributed by atoms with van der Waals surface area (Å²) in [4.78, 5) is 25.3. The molecule has 1 rings (SSSR count). The summed E-state index contributed by atoms with van der Waals surface area (Å²) in [5.74, 6) is -1.96. The van der Waals surface area contributed by atoms with Gasteiger partial charge in [0.15, 0.2) is 12.4 Å². The van der Waals surface area contributed by atoms with Gasteiger partial charge in [0.1, 0.15) is 36.8 Å². The Morgan fingerprint density at radius 3 is 1.28 bits per heavy atom. The molecule has 1 saturated heterocycles. The van der Waals surface area contributed by atoms with E-state index in [0.717, 1.165) is 38.5 Å². The second kappa shape index (κ2) is 35.4. The van der Waals surface area contributed by atoms with Crippen molar-refractivity contribution in [2.24, 2.45) is 0 Å². The average Bonchev–Trinajstić information content (AvgIpc) is 3.17. The fourth-order valence-corrected chi connectivity index (χ4v) is 8.02. The van der Waals surface area contributed by atoms with Gasteiger partial charge in [-0.15, -0.1) is 0 Å². The minimum atomic E-state index is -4.59. The third kappa shape index (κ3) is 30.4. The van der Waals surface area contributed by atoms with Crippen LogP contribution in [0.25, 0.3) is 0 Å². The molecule has 0 aromatic rings. The van der Waals surface area contributed by atoms with Crippen LogP contribution < -0.4 is 0 Å². The monoisotopic (exact) mass is 837 g/mol. The SMILES string of the molecule is CCCCCCCCCCCCCCCCCCCCCC(=O)O[C@H](COC(=O)CCCCCCCCCCCC)CO[C@H]1O[C@H](CS(=O)(=O)O)[C@@H](O)C(O)C1O. The number of unbranched alkanes of at least 4 members (excludes halogenated alkanes) is 27. The van der Waals surface area contributed by atoms with Crippen molar-refractivity contribution >= 4 is 22.1 Å². The van der Waals surface area contributed by atoms with Gasteiger partial charge in [0, 0.05) is 12.8 Å². The standard InChI is InChI=1S/C44H84O12S/c1-3-5-7-9-11-13-15-16-17-18-19-20-21-22-23-25-27-29-31-33-40(46)55-37(34-53-39(45)32-30-28-26-24-14-12-10-8-6-4-2)35-54-44-43(49)42(48)41(47)38(56-44)36-57(50,51)52/h37-38,41-44,47-49H,3-36H2,1-2H3,(H,50,51,52)/t37-,38-,41-,42?,43?,44+/m1/s1. The predicted octanol–water partition coefficient (Wildman–Crippen LogP) is 9.29. The average molecular weight is 837 g/mol. The summed E-state index contributed by atoms with van der Waals surface area (Å²) >= 11 is 0. The Bertz CT molecular complexity index is 1070. The summed E-state index contributed by atoms with van der Waals surface area (Å²) in [6, 6.07) is 0. The van der Waals surface area contributed by atoms with Crippen molar-refractivity contribution in [1.29, 1.82) is 0 Å². The van der Waals surface area contributed by atoms with Gasteiger partial charge in [-0.3, -0.25) is 14.1 Å². The largest absolute Gasteiger partial charge is 0.462 e. The van der Waals surface area contributed by atoms with Gasteiger partial charge in [0.2, 0.25) is 0 Å². The molecule has 1 heterocycles. The van der Waals surface area contributed by atoms with Crippen LogP contribution in [0, 0.1) is 0 Å². The van der Waals surface area contributed by atoms with Crippen LogP contribution in [-0.4, -0.2) is 96.0 Å². The molecule has 1 aliphatic rings. The molecule has 2 unspecified atom stereocenters. The minimum absolute atomic E-state index is 0.172. The van der Waals surface area contributed by atoms with Gasteiger partial charge in [-0.1, -0.05) is 187 Å². The number of rotatable bonds is 39. The molecule has 0 spiro atoms. The number of aliphatic hydroxyl groups excluding tert-OH is 3. The normalized spacial score (nSPS) is 20.4. The second-order valence-electron chi connectivity index (χ2n) is 16.4. The van der Waals surface area contributed by atoms with Crippen LogP contribution in [0.2, 0.25) is 0 Å². The fraction of sp³-hybridized carbons (Fsp3) is 0.955. The molecule has 12 nitrogen and oxygen atoms in total. The molecular weight excluding hydrogens is 753 g/mol. The van der Waals surface area contributed by atoms with Crippen LogP contribution in [0.15, 0.2) is 0 Å². The van der Waals surface area contributed by atoms with Gasteiger partial charge in [0.25, 0.3) is 10.1 Å². The van der Waals surface area contributed by atoms with E-state index in [9.17, 15) is 37.9 Å². The Morgan fingerprint density at radius 2 is 0.895 bits per heavy atom. The molecule has 6 atom stereocenters. The summed E-state index contributed by atoms with van der Waals surface area (Å²) in [6.07, 6.45) is 25.9. The maximum atomic E-state index is 12.8. The molecule has 4 N–H and O–H groups in total. The van der Waals surface area contributed by atoms with E-state index >= 15 is 0 Å². The molecule has 338 valence electrons. The van der Waals surface area contributed by atoms with Crippen LogP contribution in [-0.2, 0) is 38.7 Å². The lowest BCUT2D eigenvalue weighted by atomic mass is 10.00. The van der Waals surface area contributed by atoms with E-state index in [1.54, 1.807) is 0 Å². The molecular formula is C44H84O12S. The molecule has 0 saturated carbocycles. The Hall–Kier alpha value is -1.35. The highest BCUT2D eigenvalue weighted by Gasteiger charge is 2.46. The molecule has 0 bridgehead atoms. The van der Waals surface area contributed by atoms with Gasteiger partial charge in [0.05, 0.1) is 6.61 Å². The van der Waals surface area contributed by atoms with Crippen LogP contribution in [0.3, 0.4) is 0 Å². The third-order valence-electron chi connectivity index (χ3n) is 10.9. The summed E-state index contributed by atoms with van der Waals surface area (Å²) < 4.78 is 54.0. The molecule has 1 aliphatic heterocycles. The Morgan fingerprint density at radius 1 is 0.526 bits per heavy atom. The lowest BCUT2D eigenvalue weighted by Crippen LogP contribution is -2.60. The van der Waals surface area contributed by atoms with Gasteiger partial charge in [-0.05, 0) is 12.8 Å². The quantitative estimate of drug-likeness (QED) is 0.0262. The Labute approximate surface area is 346 Å². The van der Waals surface area contributed by atoms with Crippen molar-refractivity contribution in [2.45, 2.75) is 250 Å². The highest BCUT2D eigenvalue weighted by atomic mass is 32.2. The van der Waals surface area contributed by atoms with E-state index in [4.69, 9.17) is 18.9 Å². The highest BCUT2D eigenvalue weighted by molar-refractivity contribution is 7.85. The van der Waals surface area contributed by atoms with Crippen LogP contribution in [0.4, 0.5) is 0 Å². The summed E-state index contributed by atoms with van der Waals surface area (Å²) in [5.41, 5.74) is 0. The molecule has 13 heteroatoms. The molecule has 0 aromatic heterocycles. The van der Waals surface area contributed by atoms with Gasteiger partial charge < -0.3 is 34.3 Å². The van der Waals surface area contributed by atoms with E-state index in [-0.39, 0.29) is 19.4 Å². The van der Waals surface area contributed by atoms with Crippen LogP contribution in [0.5, 0.6) is 0 Å². The second-order valence-corrected chi connectivity index (χ2v) is 17.9. The van der Waals surface area contributed by atoms with E-state index in [1.165, 1.54) is 135 Å². The third-order valence-corrected chi connectivity index (χ3v) is 11.7. The molecule has 1 fully saturated rings. The number of hydrogen-bond donors (Lipinski definition) is 4. The van der Waals surface area contributed by atoms with E-state index in [1.807, 2.05) is 0 Å². The molecule has 0 aliphatic carbocycles. The predicted molar refractivity (Wildman–Crippen MR) is 224 cm³/mol. The number of esters is 2. The topological polar surface area (TPSA) is 186 Å². The molecule has 0 amide bonds. The number of aliphatic hydroxyl groups is 3. The van der Waals surface area contributed by atoms with Crippen LogP contribution >= 0.6 is 0 Å². The van der Waals surface area contributed by atoms with Gasteiger partial charge >= 0.3 is 11.9 Å². The molecule has 57 heavy (non-hydrogen) atoms. The minimum Gasteiger partial charge on any atom is -0.462 e. The first-order valence-corrected chi connectivity index (χ1v) is 24.7. The van der Waals surface area contributed by atoms with Crippen molar-refractivity contribution in [2.75, 3.05) is 19.0 Å². The van der Waals surface area contributed by atoms with Crippen molar-refractivity contribution in [1.82, 2.24) is 0 Å². The zero-order valence-corrected chi connectivity index (χ0v) is 36.8. The summed E-state index contributed by atoms with van der Waals surface area (Å²) in [5, 5.41) is 30.8. The zero-order chi connectivity index (χ0) is 42.0. The lowest BCUT2D eigenvalue weighted by molar-refractivity contribution is -0.297. The zero-order valence-electron chi connectivity index (χ0n) is 36.0. The summed E-state index contributed by atoms with van der Waals surface area (Å²) in [6.45, 7) is 3.76. The van der Waals surface area contributed by atoms with Crippen molar-refractivity contribution in [3.8, 4) is 0 Å². The molecule has 0 aromatic carbocycles. The number of hydrogen-bond acceptors (Lipinski definition) is 11. The Kier molecular flexibility index (Phi) is 33.3. The first kappa shape index (κ1) is 53.7. The first-order chi connectivity index (χ1) is 27.5. The van der Waals surface area contributed by atoms with Crippen molar-refractivity contribution < 1.29 is 56.8 Å². The first-order valence-electron chi connectivity index (χ1n) is 23.1. The smallest absolute Gasteiger partial charge is 0.306 e. The number of carbonyl (C=O) groups excluding carboxylic acids is 2. The number of carbonyl (C=O) groups is 2. The van der Waals surface area contributed by atoms with Gasteiger partial charge in [-0.2, -0.15) is 8.42 Å².